The number of carboxylic acid groups (broad SMARTS) is 4. The average Bonchev–Trinajstić information content (AvgIpc) is 2.74. The Morgan fingerprint density at radius 1 is 0.410 bits per heavy atom. The second-order valence-electron chi connectivity index (χ2n) is 7.10. The Balaban J connectivity index is 3.60. The smallest absolute Gasteiger partial charge is 0.411 e. The fourth-order valence-corrected chi connectivity index (χ4v) is 3.64. The van der Waals surface area contributed by atoms with Gasteiger partial charge in [-0.1, -0.05) is 0 Å². The molecule has 2 rings (SSSR count). The van der Waals surface area contributed by atoms with Gasteiger partial charge < -0.3 is 20.4 Å². The van der Waals surface area contributed by atoms with Crippen LogP contribution >= 0.6 is 0 Å². The molecule has 0 amide bonds. The van der Waals surface area contributed by atoms with Gasteiger partial charge in [0.25, 0.3) is 0 Å². The maximum atomic E-state index is 15.1. The zero-order valence-electron chi connectivity index (χ0n) is 17.5. The van der Waals surface area contributed by atoms with Gasteiger partial charge in [0, 0.05) is 0 Å². The Morgan fingerprint density at radius 2 is 0.615 bits per heavy atom. The van der Waals surface area contributed by atoms with Crippen LogP contribution in [0.1, 0.15) is 52.6 Å². The lowest BCUT2D eigenvalue weighted by Crippen LogP contribution is -2.57. The molecule has 212 valence electrons. The van der Waals surface area contributed by atoms with Gasteiger partial charge in [-0.2, -0.15) is 26.3 Å². The van der Waals surface area contributed by atoms with E-state index in [4.69, 9.17) is 20.4 Å². The minimum Gasteiger partial charge on any atom is -0.478 e. The first-order valence-electron chi connectivity index (χ1n) is 8.98. The maximum Gasteiger partial charge on any atom is 0.411 e. The van der Waals surface area contributed by atoms with Gasteiger partial charge in [0.1, 0.15) is 33.9 Å². The van der Waals surface area contributed by atoms with E-state index in [1.54, 1.807) is 0 Å². The van der Waals surface area contributed by atoms with Crippen molar-refractivity contribution in [3.05, 3.63) is 68.3 Å². The van der Waals surface area contributed by atoms with E-state index < -0.39 is 110 Å². The minimum absolute atomic E-state index is 2.70. The number of hydrogen-bond acceptors (Lipinski definition) is 4. The largest absolute Gasteiger partial charge is 0.478 e. The summed E-state index contributed by atoms with van der Waals surface area (Å²) in [6.45, 7) is 0. The number of carbonyl (C=O) groups is 4. The Bertz CT molecular complexity index is 1350. The van der Waals surface area contributed by atoms with E-state index in [1.165, 1.54) is 0 Å². The Labute approximate surface area is 203 Å². The van der Waals surface area contributed by atoms with Crippen molar-refractivity contribution in [1.29, 1.82) is 0 Å². The highest BCUT2D eigenvalue weighted by atomic mass is 19.4. The highest BCUT2D eigenvalue weighted by Gasteiger charge is 2.77. The third-order valence-electron chi connectivity index (χ3n) is 5.10. The molecule has 0 fully saturated rings. The summed E-state index contributed by atoms with van der Waals surface area (Å²) in [5.41, 5.74) is -26.3. The van der Waals surface area contributed by atoms with E-state index >= 15 is 8.78 Å². The van der Waals surface area contributed by atoms with Crippen LogP contribution < -0.4 is 0 Å². The first kappa shape index (κ1) is 30.7. The highest BCUT2D eigenvalue weighted by molar-refractivity contribution is 6.03. The Hall–Kier alpha value is -4.52. The summed E-state index contributed by atoms with van der Waals surface area (Å²) in [5, 5.41) is 35.5. The lowest BCUT2D eigenvalue weighted by Gasteiger charge is -2.39. The SMILES string of the molecule is O=C(O)c1c(F)c(F)c(C(c2c(F)c(F)c(C(=O)O)c(C(=O)O)c2F)(C(F)(F)F)C(F)(F)F)c(F)c1C(=O)O. The standard InChI is InChI=1S/C19H4F12O8/c20-7-1(13(32)33)3(15(36)37)9(22)11(24)5(7)17(18(26,27)28,19(29,30)31)6-8(21)2(14(34)35)4(16(38)39)10(23)12(6)25/h(H,32,33)(H,34,35)(H,36,37)(H,38,39). The molecule has 0 aromatic heterocycles. The summed E-state index contributed by atoms with van der Waals surface area (Å²) >= 11 is 0. The van der Waals surface area contributed by atoms with Crippen LogP contribution in [0.5, 0.6) is 0 Å². The molecule has 2 aromatic rings. The van der Waals surface area contributed by atoms with Crippen molar-refractivity contribution in [2.75, 3.05) is 0 Å². The molecule has 4 N–H and O–H groups in total. The molecule has 0 saturated heterocycles. The predicted octanol–water partition coefficient (Wildman–Crippen LogP) is 4.72. The van der Waals surface area contributed by atoms with E-state index in [0.29, 0.717) is 0 Å². The fraction of sp³-hybridized carbons (Fsp3) is 0.158. The van der Waals surface area contributed by atoms with E-state index in [1.807, 2.05) is 0 Å². The summed E-state index contributed by atoms with van der Waals surface area (Å²) < 4.78 is 174. The second-order valence-corrected chi connectivity index (χ2v) is 7.10. The molecular formula is C19H4F12O8. The number of hydrogen-bond donors (Lipinski definition) is 4. The zero-order valence-corrected chi connectivity index (χ0v) is 17.5. The van der Waals surface area contributed by atoms with Gasteiger partial charge in [0.05, 0.1) is 11.1 Å². The molecule has 0 aliphatic rings. The van der Waals surface area contributed by atoms with Gasteiger partial charge >= 0.3 is 36.2 Å². The van der Waals surface area contributed by atoms with Gasteiger partial charge in [-0.05, 0) is 0 Å². The molecule has 2 aromatic carbocycles. The minimum atomic E-state index is -7.62. The van der Waals surface area contributed by atoms with Gasteiger partial charge in [-0.25, -0.2) is 45.5 Å². The van der Waals surface area contributed by atoms with Crippen molar-refractivity contribution in [2.45, 2.75) is 17.8 Å². The van der Waals surface area contributed by atoms with Crippen molar-refractivity contribution in [2.24, 2.45) is 0 Å². The summed E-state index contributed by atoms with van der Waals surface area (Å²) in [5.74, 6) is -34.3. The maximum absolute atomic E-state index is 15.1. The molecule has 0 heterocycles. The number of carboxylic acids is 4. The van der Waals surface area contributed by atoms with Crippen molar-refractivity contribution < 1.29 is 92.3 Å². The summed E-state index contributed by atoms with van der Waals surface area (Å²) in [7, 11) is 0. The Morgan fingerprint density at radius 3 is 0.795 bits per heavy atom. The lowest BCUT2D eigenvalue weighted by molar-refractivity contribution is -0.291. The molecule has 0 aliphatic carbocycles. The van der Waals surface area contributed by atoms with Gasteiger partial charge in [-0.15, -0.1) is 0 Å². The van der Waals surface area contributed by atoms with Gasteiger partial charge in [0.15, 0.2) is 23.3 Å². The first-order chi connectivity index (χ1) is 17.5. The number of aromatic carboxylic acids is 4. The number of halogens is 12. The molecule has 39 heavy (non-hydrogen) atoms. The normalized spacial score (nSPS) is 12.4. The molecule has 0 aliphatic heterocycles. The van der Waals surface area contributed by atoms with Crippen LogP contribution in [0.2, 0.25) is 0 Å². The summed E-state index contributed by atoms with van der Waals surface area (Å²) in [4.78, 5) is 44.7. The fourth-order valence-electron chi connectivity index (χ4n) is 3.64. The van der Waals surface area contributed by atoms with Crippen LogP contribution in [-0.4, -0.2) is 56.7 Å². The van der Waals surface area contributed by atoms with Gasteiger partial charge in [0.2, 0.25) is 5.41 Å². The molecule has 0 unspecified atom stereocenters. The van der Waals surface area contributed by atoms with Crippen LogP contribution in [0.3, 0.4) is 0 Å². The molecule has 0 saturated carbocycles. The zero-order chi connectivity index (χ0) is 30.7. The molecular weight excluding hydrogens is 584 g/mol. The number of alkyl halides is 6. The Kier molecular flexibility index (Phi) is 7.36. The average molecular weight is 588 g/mol. The summed E-state index contributed by atoms with van der Waals surface area (Å²) in [6.07, 6.45) is -15.2. The van der Waals surface area contributed by atoms with E-state index in [2.05, 4.69) is 0 Å². The quantitative estimate of drug-likeness (QED) is 0.280. The van der Waals surface area contributed by atoms with Crippen LogP contribution in [0.25, 0.3) is 0 Å². The van der Waals surface area contributed by atoms with E-state index in [0.717, 1.165) is 0 Å². The van der Waals surface area contributed by atoms with Crippen LogP contribution in [-0.2, 0) is 5.41 Å². The molecule has 8 nitrogen and oxygen atoms in total. The monoisotopic (exact) mass is 588 g/mol. The predicted molar refractivity (Wildman–Crippen MR) is 93.4 cm³/mol. The van der Waals surface area contributed by atoms with Crippen LogP contribution in [0.15, 0.2) is 0 Å². The number of rotatable bonds is 6. The third-order valence-corrected chi connectivity index (χ3v) is 5.10. The van der Waals surface area contributed by atoms with Gasteiger partial charge in [-0.3, -0.25) is 0 Å². The molecule has 0 radical (unpaired) electrons. The summed E-state index contributed by atoms with van der Waals surface area (Å²) in [6, 6.07) is 0. The second kappa shape index (κ2) is 9.34. The molecule has 20 heteroatoms. The topological polar surface area (TPSA) is 149 Å². The number of benzene rings is 2. The van der Waals surface area contributed by atoms with Crippen molar-refractivity contribution >= 4 is 23.9 Å². The van der Waals surface area contributed by atoms with E-state index in [9.17, 15) is 63.1 Å². The van der Waals surface area contributed by atoms with Crippen LogP contribution in [0, 0.1) is 34.9 Å². The molecule has 0 bridgehead atoms. The van der Waals surface area contributed by atoms with E-state index in [-0.39, 0.29) is 0 Å². The highest BCUT2D eigenvalue weighted by Crippen LogP contribution is 2.59. The third kappa shape index (κ3) is 4.14. The van der Waals surface area contributed by atoms with Crippen molar-refractivity contribution in [3.63, 3.8) is 0 Å². The van der Waals surface area contributed by atoms with Crippen LogP contribution in [0.4, 0.5) is 52.7 Å². The van der Waals surface area contributed by atoms with Crippen molar-refractivity contribution in [3.8, 4) is 0 Å². The first-order valence-corrected chi connectivity index (χ1v) is 8.98. The molecule has 0 spiro atoms. The molecule has 0 atom stereocenters. The lowest BCUT2D eigenvalue weighted by atomic mass is 9.70. The van der Waals surface area contributed by atoms with Crippen molar-refractivity contribution in [1.82, 2.24) is 0 Å².